The fourth-order valence-corrected chi connectivity index (χ4v) is 3.56. The first-order valence-electron chi connectivity index (χ1n) is 9.66. The molecule has 0 spiro atoms. The molecular weight excluding hydrogens is 372 g/mol. The highest BCUT2D eigenvalue weighted by atomic mass is 16.5. The maximum Gasteiger partial charge on any atom is 0.309 e. The number of nitrogens with zero attached hydrogens (tertiary/aromatic N) is 2. The molecular formula is C22H24N2O5. The fourth-order valence-electron chi connectivity index (χ4n) is 3.56. The number of methoxy groups -OCH3 is 2. The Morgan fingerprint density at radius 1 is 1.14 bits per heavy atom. The smallest absolute Gasteiger partial charge is 0.309 e. The van der Waals surface area contributed by atoms with Crippen LogP contribution < -0.4 is 14.4 Å². The molecule has 7 nitrogen and oxygen atoms in total. The number of hydrogen-bond acceptors (Lipinski definition) is 7. The lowest BCUT2D eigenvalue weighted by Crippen LogP contribution is -2.37. The molecule has 0 amide bonds. The second-order valence-corrected chi connectivity index (χ2v) is 7.01. The minimum Gasteiger partial charge on any atom is -0.497 e. The van der Waals surface area contributed by atoms with Gasteiger partial charge < -0.3 is 23.5 Å². The molecule has 0 atom stereocenters. The number of esters is 1. The van der Waals surface area contributed by atoms with E-state index < -0.39 is 0 Å². The van der Waals surface area contributed by atoms with E-state index in [4.69, 9.17) is 18.6 Å². The number of benzene rings is 2. The number of piperidine rings is 1. The molecule has 2 aromatic carbocycles. The van der Waals surface area contributed by atoms with Crippen molar-refractivity contribution < 1.29 is 23.4 Å². The number of oxazole rings is 1. The lowest BCUT2D eigenvalue weighted by molar-refractivity contribution is -0.150. The van der Waals surface area contributed by atoms with Gasteiger partial charge >= 0.3 is 5.97 Å². The van der Waals surface area contributed by atoms with Gasteiger partial charge in [-0.2, -0.15) is 4.98 Å². The number of carbonyl (C=O) groups is 1. The van der Waals surface area contributed by atoms with Gasteiger partial charge in [0.25, 0.3) is 6.01 Å². The summed E-state index contributed by atoms with van der Waals surface area (Å²) in [5, 5.41) is 0. The summed E-state index contributed by atoms with van der Waals surface area (Å²) in [6.07, 6.45) is 1.40. The van der Waals surface area contributed by atoms with Gasteiger partial charge in [0.15, 0.2) is 5.58 Å². The predicted octanol–water partition coefficient (Wildman–Crippen LogP) is 3.80. The Labute approximate surface area is 169 Å². The minimum atomic E-state index is -0.188. The highest BCUT2D eigenvalue weighted by Gasteiger charge is 2.28. The zero-order chi connectivity index (χ0) is 20.2. The predicted molar refractivity (Wildman–Crippen MR) is 108 cm³/mol. The van der Waals surface area contributed by atoms with E-state index in [1.54, 1.807) is 20.3 Å². The summed E-state index contributed by atoms with van der Waals surface area (Å²) in [6.45, 7) is 1.56. The van der Waals surface area contributed by atoms with Gasteiger partial charge in [-0.25, -0.2) is 0 Å². The van der Waals surface area contributed by atoms with Crippen LogP contribution in [0.5, 0.6) is 11.5 Å². The van der Waals surface area contributed by atoms with E-state index in [0.717, 1.165) is 16.7 Å². The van der Waals surface area contributed by atoms with E-state index in [1.165, 1.54) is 0 Å². The van der Waals surface area contributed by atoms with Gasteiger partial charge in [-0.1, -0.05) is 12.1 Å². The lowest BCUT2D eigenvalue weighted by Gasteiger charge is -2.29. The third-order valence-electron chi connectivity index (χ3n) is 5.24. The average Bonchev–Trinajstić information content (AvgIpc) is 3.21. The molecule has 0 saturated carbocycles. The van der Waals surface area contributed by atoms with Gasteiger partial charge in [0, 0.05) is 18.7 Å². The van der Waals surface area contributed by atoms with E-state index in [9.17, 15) is 4.79 Å². The largest absolute Gasteiger partial charge is 0.497 e. The van der Waals surface area contributed by atoms with Gasteiger partial charge in [0.1, 0.15) is 23.6 Å². The maximum atomic E-state index is 12.6. The van der Waals surface area contributed by atoms with Crippen molar-refractivity contribution in [2.45, 2.75) is 19.4 Å². The zero-order valence-electron chi connectivity index (χ0n) is 16.6. The number of hydrogen-bond donors (Lipinski definition) is 0. The molecule has 0 N–H and O–H groups in total. The Kier molecular flexibility index (Phi) is 5.55. The van der Waals surface area contributed by atoms with E-state index in [0.29, 0.717) is 43.4 Å². The van der Waals surface area contributed by atoms with Crippen LogP contribution in [0.4, 0.5) is 6.01 Å². The second kappa shape index (κ2) is 8.43. The molecule has 29 heavy (non-hydrogen) atoms. The standard InChI is InChI=1S/C22H24N2O5/c1-26-17-7-8-19(27-2)16(13-17)14-28-21(25)15-9-11-24(12-10-15)22-23-18-5-3-4-6-20(18)29-22/h3-8,13,15H,9-12,14H2,1-2H3. The molecule has 2 heterocycles. The topological polar surface area (TPSA) is 74.0 Å². The summed E-state index contributed by atoms with van der Waals surface area (Å²) in [4.78, 5) is 19.2. The number of fused-ring (bicyclic) bond motifs is 1. The quantitative estimate of drug-likeness (QED) is 0.587. The molecule has 0 unspecified atom stereocenters. The summed E-state index contributed by atoms with van der Waals surface area (Å²) in [6, 6.07) is 13.8. The van der Waals surface area contributed by atoms with Crippen LogP contribution in [0.1, 0.15) is 18.4 Å². The van der Waals surface area contributed by atoms with Crippen LogP contribution in [0.2, 0.25) is 0 Å². The van der Waals surface area contributed by atoms with Gasteiger partial charge in [-0.15, -0.1) is 0 Å². The summed E-state index contributed by atoms with van der Waals surface area (Å²) in [5.74, 6) is 1.05. The second-order valence-electron chi connectivity index (χ2n) is 7.01. The Hall–Kier alpha value is -3.22. The van der Waals surface area contributed by atoms with Crippen LogP contribution in [-0.4, -0.2) is 38.3 Å². The third-order valence-corrected chi connectivity index (χ3v) is 5.24. The van der Waals surface area contributed by atoms with Crippen molar-refractivity contribution in [1.29, 1.82) is 0 Å². The maximum absolute atomic E-state index is 12.6. The van der Waals surface area contributed by atoms with E-state index in [2.05, 4.69) is 9.88 Å². The van der Waals surface area contributed by atoms with E-state index >= 15 is 0 Å². The number of rotatable bonds is 6. The molecule has 3 aromatic rings. The molecule has 1 fully saturated rings. The SMILES string of the molecule is COc1ccc(OC)c(COC(=O)C2CCN(c3nc4ccccc4o3)CC2)c1. The Morgan fingerprint density at radius 3 is 2.66 bits per heavy atom. The highest BCUT2D eigenvalue weighted by Crippen LogP contribution is 2.28. The van der Waals surface area contributed by atoms with Crippen molar-refractivity contribution in [3.63, 3.8) is 0 Å². The van der Waals surface area contributed by atoms with Crippen molar-refractivity contribution in [2.75, 3.05) is 32.2 Å². The lowest BCUT2D eigenvalue weighted by atomic mass is 9.97. The minimum absolute atomic E-state index is 0.132. The van der Waals surface area contributed by atoms with Crippen LogP contribution in [0.3, 0.4) is 0 Å². The van der Waals surface area contributed by atoms with E-state index in [1.807, 2.05) is 36.4 Å². The monoisotopic (exact) mass is 396 g/mol. The molecule has 0 radical (unpaired) electrons. The summed E-state index contributed by atoms with van der Waals surface area (Å²) >= 11 is 0. The molecule has 4 rings (SSSR count). The molecule has 1 aromatic heterocycles. The van der Waals surface area contributed by atoms with Gasteiger partial charge in [0.2, 0.25) is 0 Å². The normalized spacial score (nSPS) is 14.8. The fraction of sp³-hybridized carbons (Fsp3) is 0.364. The van der Waals surface area contributed by atoms with Crippen LogP contribution >= 0.6 is 0 Å². The molecule has 152 valence electrons. The zero-order valence-corrected chi connectivity index (χ0v) is 16.6. The molecule has 7 heteroatoms. The van der Waals surface area contributed by atoms with Crippen LogP contribution in [0.15, 0.2) is 46.9 Å². The molecule has 1 saturated heterocycles. The van der Waals surface area contributed by atoms with Gasteiger partial charge in [0.05, 0.1) is 20.1 Å². The summed E-state index contributed by atoms with van der Waals surface area (Å²) in [5.41, 5.74) is 2.40. The molecule has 0 aliphatic carbocycles. The first kappa shape index (κ1) is 19.1. The summed E-state index contributed by atoms with van der Waals surface area (Å²) < 4.78 is 22.0. The van der Waals surface area contributed by atoms with E-state index in [-0.39, 0.29) is 18.5 Å². The first-order valence-corrected chi connectivity index (χ1v) is 9.66. The van der Waals surface area contributed by atoms with Crippen molar-refractivity contribution >= 4 is 23.1 Å². The van der Waals surface area contributed by atoms with Gasteiger partial charge in [-0.3, -0.25) is 4.79 Å². The first-order chi connectivity index (χ1) is 14.2. The number of ether oxygens (including phenoxy) is 3. The number of para-hydroxylation sites is 2. The van der Waals surface area contributed by atoms with Crippen LogP contribution in [0.25, 0.3) is 11.1 Å². The van der Waals surface area contributed by atoms with Crippen molar-refractivity contribution in [3.8, 4) is 11.5 Å². The summed E-state index contributed by atoms with van der Waals surface area (Å²) in [7, 11) is 3.19. The van der Waals surface area contributed by atoms with Crippen molar-refractivity contribution in [1.82, 2.24) is 4.98 Å². The average molecular weight is 396 g/mol. The van der Waals surface area contributed by atoms with Gasteiger partial charge in [-0.05, 0) is 43.2 Å². The third kappa shape index (κ3) is 4.13. The van der Waals surface area contributed by atoms with Crippen LogP contribution in [0, 0.1) is 5.92 Å². The number of carbonyl (C=O) groups excluding carboxylic acids is 1. The highest BCUT2D eigenvalue weighted by molar-refractivity contribution is 5.75. The molecule has 1 aliphatic rings. The number of aromatic nitrogens is 1. The molecule has 1 aliphatic heterocycles. The Bertz CT molecular complexity index is 959. The number of anilines is 1. The Balaban J connectivity index is 1.33. The molecule has 0 bridgehead atoms. The van der Waals surface area contributed by atoms with Crippen LogP contribution in [-0.2, 0) is 16.1 Å². The van der Waals surface area contributed by atoms with Crippen molar-refractivity contribution in [2.24, 2.45) is 5.92 Å². The Morgan fingerprint density at radius 2 is 1.93 bits per heavy atom. The van der Waals surface area contributed by atoms with Crippen molar-refractivity contribution in [3.05, 3.63) is 48.0 Å².